The summed E-state index contributed by atoms with van der Waals surface area (Å²) >= 11 is 0. The minimum atomic E-state index is -1.51. The second-order valence-corrected chi connectivity index (χ2v) is 17.1. The SMILES string of the molecule is CCCCCC/C=C\C/C=C\CCCCCCCC(=O)OC(COC(=O)CCCCCCCCCCCCCCCCCC)COC(OCC[N+](C)(C)C)C(=O)O. The lowest BCUT2D eigenvalue weighted by molar-refractivity contribution is -0.870. The van der Waals surface area contributed by atoms with Crippen molar-refractivity contribution in [3.05, 3.63) is 24.3 Å². The predicted octanol–water partition coefficient (Wildman–Crippen LogP) is 12.4. The summed E-state index contributed by atoms with van der Waals surface area (Å²) < 4.78 is 22.7. The van der Waals surface area contributed by atoms with Crippen molar-refractivity contribution < 1.29 is 42.9 Å². The van der Waals surface area contributed by atoms with Gasteiger partial charge in [0.1, 0.15) is 13.2 Å². The van der Waals surface area contributed by atoms with Crippen LogP contribution < -0.4 is 0 Å². The number of unbranched alkanes of at least 4 members (excludes halogenated alkanes) is 24. The molecule has 0 fully saturated rings. The first-order valence-electron chi connectivity index (χ1n) is 23.5. The van der Waals surface area contributed by atoms with Gasteiger partial charge >= 0.3 is 17.9 Å². The Bertz CT molecular complexity index is 991. The van der Waals surface area contributed by atoms with E-state index in [1.165, 1.54) is 116 Å². The second kappa shape index (κ2) is 40.5. The molecule has 9 nitrogen and oxygen atoms in total. The molecular weight excluding hydrogens is 719 g/mol. The molecule has 9 heteroatoms. The summed E-state index contributed by atoms with van der Waals surface area (Å²) in [6, 6.07) is 0. The van der Waals surface area contributed by atoms with E-state index in [4.69, 9.17) is 18.9 Å². The summed E-state index contributed by atoms with van der Waals surface area (Å²) in [5.41, 5.74) is 0. The minimum absolute atomic E-state index is 0.184. The molecule has 0 saturated heterocycles. The first kappa shape index (κ1) is 54.8. The van der Waals surface area contributed by atoms with E-state index in [9.17, 15) is 19.5 Å². The van der Waals surface area contributed by atoms with Crippen LogP contribution in [0.2, 0.25) is 0 Å². The van der Waals surface area contributed by atoms with Crippen LogP contribution in [0.25, 0.3) is 0 Å². The molecule has 2 unspecified atom stereocenters. The van der Waals surface area contributed by atoms with Gasteiger partial charge in [0.25, 0.3) is 6.29 Å². The first-order chi connectivity index (χ1) is 27.6. The van der Waals surface area contributed by atoms with E-state index in [0.717, 1.165) is 57.8 Å². The highest BCUT2D eigenvalue weighted by atomic mass is 16.7. The number of carboxylic acid groups (broad SMARTS) is 1. The summed E-state index contributed by atoms with van der Waals surface area (Å²) in [5, 5.41) is 9.64. The van der Waals surface area contributed by atoms with E-state index in [1.54, 1.807) is 0 Å². The highest BCUT2D eigenvalue weighted by molar-refractivity contribution is 5.71. The number of aliphatic carboxylic acids is 1. The van der Waals surface area contributed by atoms with Crippen molar-refractivity contribution in [2.24, 2.45) is 0 Å². The van der Waals surface area contributed by atoms with Crippen LogP contribution in [-0.4, -0.2) is 87.4 Å². The minimum Gasteiger partial charge on any atom is -0.477 e. The molecule has 0 aliphatic carbocycles. The standard InChI is InChI=1S/C48H89NO8/c1-6-8-10-12-14-16-18-20-22-24-26-28-30-32-34-36-38-45(50)55-42-44(43-56-48(47(52)53)54-41-40-49(3,4)5)57-46(51)39-37-35-33-31-29-27-25-23-21-19-17-15-13-11-9-7-2/h17,19,23,25,44,48H,6-16,18,20-22,24,26-43H2,1-5H3/p+1/b19-17-,25-23-. The van der Waals surface area contributed by atoms with E-state index in [1.807, 2.05) is 21.1 Å². The fourth-order valence-corrected chi connectivity index (χ4v) is 6.51. The molecule has 0 heterocycles. The normalized spacial score (nSPS) is 13.1. The molecule has 0 bridgehead atoms. The predicted molar refractivity (Wildman–Crippen MR) is 235 cm³/mol. The van der Waals surface area contributed by atoms with Gasteiger partial charge in [0.15, 0.2) is 6.10 Å². The van der Waals surface area contributed by atoms with Crippen molar-refractivity contribution >= 4 is 17.9 Å². The van der Waals surface area contributed by atoms with Gasteiger partial charge in [0.05, 0.1) is 34.4 Å². The van der Waals surface area contributed by atoms with Gasteiger partial charge in [0.2, 0.25) is 0 Å². The number of carboxylic acids is 1. The van der Waals surface area contributed by atoms with E-state index >= 15 is 0 Å². The number of hydrogen-bond donors (Lipinski definition) is 1. The fourth-order valence-electron chi connectivity index (χ4n) is 6.51. The molecule has 1 N–H and O–H groups in total. The number of quaternary nitrogens is 1. The lowest BCUT2D eigenvalue weighted by Crippen LogP contribution is -2.40. The van der Waals surface area contributed by atoms with Crippen molar-refractivity contribution in [1.82, 2.24) is 0 Å². The molecular formula is C48H90NO8+. The lowest BCUT2D eigenvalue weighted by atomic mass is 10.0. The number of esters is 2. The number of carbonyl (C=O) groups is 3. The average Bonchev–Trinajstić information content (AvgIpc) is 3.17. The van der Waals surface area contributed by atoms with Gasteiger partial charge in [-0.1, -0.05) is 173 Å². The second-order valence-electron chi connectivity index (χ2n) is 17.1. The zero-order chi connectivity index (χ0) is 42.1. The molecule has 0 rings (SSSR count). The molecule has 0 aromatic rings. The number of rotatable bonds is 43. The topological polar surface area (TPSA) is 108 Å². The third-order valence-electron chi connectivity index (χ3n) is 10.2. The molecule has 334 valence electrons. The van der Waals surface area contributed by atoms with Crippen LogP contribution in [-0.2, 0) is 33.3 Å². The lowest BCUT2D eigenvalue weighted by Gasteiger charge is -2.25. The number of likely N-dealkylation sites (N-methyl/N-ethyl adjacent to an activating group) is 1. The van der Waals surface area contributed by atoms with Crippen LogP contribution in [0.1, 0.15) is 206 Å². The van der Waals surface area contributed by atoms with E-state index in [0.29, 0.717) is 23.9 Å². The molecule has 57 heavy (non-hydrogen) atoms. The quantitative estimate of drug-likeness (QED) is 0.0213. The molecule has 2 atom stereocenters. The van der Waals surface area contributed by atoms with Gasteiger partial charge in [-0.3, -0.25) is 9.59 Å². The van der Waals surface area contributed by atoms with E-state index in [2.05, 4.69) is 38.2 Å². The molecule has 0 aromatic heterocycles. The molecule has 0 spiro atoms. The zero-order valence-corrected chi connectivity index (χ0v) is 37.8. The Morgan fingerprint density at radius 1 is 0.526 bits per heavy atom. The highest BCUT2D eigenvalue weighted by Crippen LogP contribution is 2.15. The Morgan fingerprint density at radius 2 is 0.947 bits per heavy atom. The first-order valence-corrected chi connectivity index (χ1v) is 23.5. The zero-order valence-electron chi connectivity index (χ0n) is 37.8. The molecule has 0 radical (unpaired) electrons. The van der Waals surface area contributed by atoms with Crippen LogP contribution in [0.15, 0.2) is 24.3 Å². The average molecular weight is 809 g/mol. The van der Waals surface area contributed by atoms with Crippen molar-refractivity contribution in [2.45, 2.75) is 219 Å². The maximum Gasteiger partial charge on any atom is 0.361 e. The van der Waals surface area contributed by atoms with Crippen LogP contribution in [0.3, 0.4) is 0 Å². The maximum absolute atomic E-state index is 12.8. The van der Waals surface area contributed by atoms with Gasteiger partial charge in [-0.15, -0.1) is 0 Å². The smallest absolute Gasteiger partial charge is 0.361 e. The van der Waals surface area contributed by atoms with Crippen LogP contribution in [0.5, 0.6) is 0 Å². The number of hydrogen-bond acceptors (Lipinski definition) is 7. The Labute approximate surface area is 350 Å². The van der Waals surface area contributed by atoms with Gasteiger partial charge in [0, 0.05) is 12.8 Å². The molecule has 0 aliphatic heterocycles. The third kappa shape index (κ3) is 41.7. The van der Waals surface area contributed by atoms with Crippen LogP contribution in [0, 0.1) is 0 Å². The third-order valence-corrected chi connectivity index (χ3v) is 10.2. The van der Waals surface area contributed by atoms with E-state index < -0.39 is 24.3 Å². The molecule has 0 amide bonds. The van der Waals surface area contributed by atoms with Crippen LogP contribution >= 0.6 is 0 Å². The van der Waals surface area contributed by atoms with Crippen molar-refractivity contribution in [2.75, 3.05) is 47.5 Å². The Morgan fingerprint density at radius 3 is 1.40 bits per heavy atom. The molecule has 0 aromatic carbocycles. The Kier molecular flexibility index (Phi) is 39.0. The van der Waals surface area contributed by atoms with Gasteiger partial charge in [-0.25, -0.2) is 4.79 Å². The summed E-state index contributed by atoms with van der Waals surface area (Å²) in [6.07, 6.45) is 40.9. The summed E-state index contributed by atoms with van der Waals surface area (Å²) in [7, 11) is 5.95. The Balaban J connectivity index is 4.42. The van der Waals surface area contributed by atoms with Crippen LogP contribution in [0.4, 0.5) is 0 Å². The van der Waals surface area contributed by atoms with Crippen molar-refractivity contribution in [1.29, 1.82) is 0 Å². The van der Waals surface area contributed by atoms with Crippen molar-refractivity contribution in [3.8, 4) is 0 Å². The Hall–Kier alpha value is -2.23. The summed E-state index contributed by atoms with van der Waals surface area (Å²) in [4.78, 5) is 37.1. The number of nitrogens with zero attached hydrogens (tertiary/aromatic N) is 1. The van der Waals surface area contributed by atoms with Crippen molar-refractivity contribution in [3.63, 3.8) is 0 Å². The van der Waals surface area contributed by atoms with Gasteiger partial charge in [-0.05, 0) is 44.9 Å². The maximum atomic E-state index is 12.8. The summed E-state index contributed by atoms with van der Waals surface area (Å²) in [6.45, 7) is 4.85. The van der Waals surface area contributed by atoms with E-state index in [-0.39, 0.29) is 32.2 Å². The molecule has 0 aliphatic rings. The van der Waals surface area contributed by atoms with Gasteiger partial charge in [-0.2, -0.15) is 0 Å². The van der Waals surface area contributed by atoms with Gasteiger partial charge < -0.3 is 28.5 Å². The highest BCUT2D eigenvalue weighted by Gasteiger charge is 2.25. The monoisotopic (exact) mass is 809 g/mol. The summed E-state index contributed by atoms with van der Waals surface area (Å²) in [5.74, 6) is -2.02. The number of ether oxygens (including phenoxy) is 4. The number of allylic oxidation sites excluding steroid dienone is 4. The fraction of sp³-hybridized carbons (Fsp3) is 0.854. The largest absolute Gasteiger partial charge is 0.477 e. The molecule has 0 saturated carbocycles. The number of carbonyl (C=O) groups excluding carboxylic acids is 2.